The Morgan fingerprint density at radius 2 is 2.20 bits per heavy atom. The van der Waals surface area contributed by atoms with Crippen molar-refractivity contribution in [1.29, 1.82) is 0 Å². The first-order chi connectivity index (χ1) is 12.1. The molecule has 0 fully saturated rings. The molecule has 1 atom stereocenters. The second-order valence-corrected chi connectivity index (χ2v) is 8.02. The Hall–Kier alpha value is -1.57. The van der Waals surface area contributed by atoms with Gasteiger partial charge in [0.1, 0.15) is 4.88 Å². The van der Waals surface area contributed by atoms with Crippen molar-refractivity contribution < 1.29 is 9.21 Å². The SMILES string of the molecule is CCC[C@H](C)NC(=O)CSc1nnc(-c2sc3ccccc3c2Cl)o1. The standard InChI is InChI=1S/C17H18ClN3O2S2/c1-3-6-10(2)19-13(22)9-24-17-21-20-16(23-17)15-14(18)11-7-4-5-8-12(11)25-15/h4-5,7-8,10H,3,6,9H2,1-2H3,(H,19,22)/t10-/m0/s1. The van der Waals surface area contributed by atoms with Crippen LogP contribution >= 0.6 is 34.7 Å². The molecule has 2 aromatic heterocycles. The highest BCUT2D eigenvalue weighted by atomic mass is 35.5. The number of carbonyl (C=O) groups is 1. The second kappa shape index (κ2) is 8.21. The van der Waals surface area contributed by atoms with Gasteiger partial charge in [0.05, 0.1) is 10.8 Å². The Kier molecular flexibility index (Phi) is 5.98. The first-order valence-electron chi connectivity index (χ1n) is 8.01. The van der Waals surface area contributed by atoms with E-state index in [4.69, 9.17) is 16.0 Å². The number of amides is 1. The third kappa shape index (κ3) is 4.34. The van der Waals surface area contributed by atoms with E-state index in [0.29, 0.717) is 16.1 Å². The van der Waals surface area contributed by atoms with Crippen LogP contribution in [0.25, 0.3) is 20.9 Å². The fraction of sp³-hybridized carbons (Fsp3) is 0.353. The van der Waals surface area contributed by atoms with Gasteiger partial charge in [-0.15, -0.1) is 21.5 Å². The second-order valence-electron chi connectivity index (χ2n) is 5.66. The smallest absolute Gasteiger partial charge is 0.277 e. The largest absolute Gasteiger partial charge is 0.410 e. The van der Waals surface area contributed by atoms with Crippen LogP contribution < -0.4 is 5.32 Å². The molecule has 5 nitrogen and oxygen atoms in total. The van der Waals surface area contributed by atoms with E-state index in [1.54, 1.807) is 0 Å². The molecule has 1 amide bonds. The molecule has 3 rings (SSSR count). The highest BCUT2D eigenvalue weighted by Crippen LogP contribution is 2.41. The number of halogens is 1. The molecule has 1 aromatic carbocycles. The number of aromatic nitrogens is 2. The predicted octanol–water partition coefficient (Wildman–Crippen LogP) is 5.00. The molecular formula is C17H18ClN3O2S2. The first-order valence-corrected chi connectivity index (χ1v) is 10.2. The molecule has 0 saturated carbocycles. The molecule has 8 heteroatoms. The zero-order valence-corrected chi connectivity index (χ0v) is 16.3. The van der Waals surface area contributed by atoms with Crippen molar-refractivity contribution in [2.45, 2.75) is 38.0 Å². The lowest BCUT2D eigenvalue weighted by Crippen LogP contribution is -2.33. The zero-order chi connectivity index (χ0) is 17.8. The van der Waals surface area contributed by atoms with Crippen LogP contribution in [-0.2, 0) is 4.79 Å². The Balaban J connectivity index is 1.66. The third-order valence-electron chi connectivity index (χ3n) is 3.59. The molecule has 25 heavy (non-hydrogen) atoms. The minimum absolute atomic E-state index is 0.0365. The molecule has 0 aliphatic heterocycles. The van der Waals surface area contributed by atoms with Gasteiger partial charge >= 0.3 is 0 Å². The van der Waals surface area contributed by atoms with E-state index < -0.39 is 0 Å². The van der Waals surface area contributed by atoms with Crippen LogP contribution in [0.1, 0.15) is 26.7 Å². The van der Waals surface area contributed by atoms with Gasteiger partial charge in [-0.3, -0.25) is 4.79 Å². The number of hydrogen-bond donors (Lipinski definition) is 1. The highest BCUT2D eigenvalue weighted by molar-refractivity contribution is 7.99. The molecule has 132 valence electrons. The number of hydrogen-bond acceptors (Lipinski definition) is 6. The van der Waals surface area contributed by atoms with E-state index in [0.717, 1.165) is 27.8 Å². The van der Waals surface area contributed by atoms with Gasteiger partial charge in [0.25, 0.3) is 11.1 Å². The fourth-order valence-electron chi connectivity index (χ4n) is 2.46. The number of thioether (sulfide) groups is 1. The van der Waals surface area contributed by atoms with Gasteiger partial charge in [0.2, 0.25) is 5.91 Å². The molecule has 3 aromatic rings. The lowest BCUT2D eigenvalue weighted by Gasteiger charge is -2.11. The Morgan fingerprint density at radius 3 is 2.96 bits per heavy atom. The summed E-state index contributed by atoms with van der Waals surface area (Å²) in [6.45, 7) is 4.09. The van der Waals surface area contributed by atoms with E-state index in [9.17, 15) is 4.79 Å². The summed E-state index contributed by atoms with van der Waals surface area (Å²) in [4.78, 5) is 12.7. The number of benzene rings is 1. The van der Waals surface area contributed by atoms with Crippen LogP contribution in [0, 0.1) is 0 Å². The number of rotatable bonds is 7. The summed E-state index contributed by atoms with van der Waals surface area (Å²) in [7, 11) is 0. The minimum Gasteiger partial charge on any atom is -0.410 e. The number of thiophene rings is 1. The first kappa shape index (κ1) is 18.2. The van der Waals surface area contributed by atoms with Gasteiger partial charge in [-0.05, 0) is 19.4 Å². The maximum Gasteiger partial charge on any atom is 0.277 e. The summed E-state index contributed by atoms with van der Waals surface area (Å²) in [5.41, 5.74) is 0. The van der Waals surface area contributed by atoms with Crippen molar-refractivity contribution in [3.63, 3.8) is 0 Å². The highest BCUT2D eigenvalue weighted by Gasteiger charge is 2.18. The Labute approximate surface area is 159 Å². The third-order valence-corrected chi connectivity index (χ3v) is 6.07. The summed E-state index contributed by atoms with van der Waals surface area (Å²) in [5.74, 6) is 0.592. The molecule has 0 aliphatic carbocycles. The lowest BCUT2D eigenvalue weighted by atomic mass is 10.2. The topological polar surface area (TPSA) is 68.0 Å². The molecule has 0 radical (unpaired) electrons. The zero-order valence-electron chi connectivity index (χ0n) is 13.9. The summed E-state index contributed by atoms with van der Waals surface area (Å²) < 4.78 is 6.74. The van der Waals surface area contributed by atoms with Crippen LogP contribution in [0.4, 0.5) is 0 Å². The predicted molar refractivity (Wildman–Crippen MR) is 103 cm³/mol. The van der Waals surface area contributed by atoms with E-state index >= 15 is 0 Å². The molecule has 0 saturated heterocycles. The van der Waals surface area contributed by atoms with Crippen LogP contribution in [0.3, 0.4) is 0 Å². The lowest BCUT2D eigenvalue weighted by molar-refractivity contribution is -0.119. The van der Waals surface area contributed by atoms with Gasteiger partial charge in [0.15, 0.2) is 0 Å². The molecule has 0 bridgehead atoms. The van der Waals surface area contributed by atoms with Gasteiger partial charge in [-0.25, -0.2) is 0 Å². The number of fused-ring (bicyclic) bond motifs is 1. The van der Waals surface area contributed by atoms with E-state index in [1.165, 1.54) is 23.1 Å². The summed E-state index contributed by atoms with van der Waals surface area (Å²) in [6, 6.07) is 8.05. The fourth-order valence-corrected chi connectivity index (χ4v) is 4.47. The quantitative estimate of drug-likeness (QED) is 0.570. The molecular weight excluding hydrogens is 378 g/mol. The van der Waals surface area contributed by atoms with Gasteiger partial charge in [-0.1, -0.05) is 54.9 Å². The number of carbonyl (C=O) groups excluding carboxylic acids is 1. The van der Waals surface area contributed by atoms with Gasteiger partial charge < -0.3 is 9.73 Å². The van der Waals surface area contributed by atoms with Crippen molar-refractivity contribution in [3.8, 4) is 10.8 Å². The maximum atomic E-state index is 11.9. The van der Waals surface area contributed by atoms with Gasteiger partial charge in [-0.2, -0.15) is 0 Å². The molecule has 0 aliphatic rings. The molecule has 0 spiro atoms. The number of nitrogens with zero attached hydrogens (tertiary/aromatic N) is 2. The Morgan fingerprint density at radius 1 is 1.40 bits per heavy atom. The summed E-state index contributed by atoms with van der Waals surface area (Å²) in [5, 5.41) is 13.0. The van der Waals surface area contributed by atoms with Crippen molar-refractivity contribution in [1.82, 2.24) is 15.5 Å². The van der Waals surface area contributed by atoms with Crippen LogP contribution in [0.2, 0.25) is 5.02 Å². The van der Waals surface area contributed by atoms with E-state index in [-0.39, 0.29) is 17.7 Å². The van der Waals surface area contributed by atoms with E-state index in [1.807, 2.05) is 31.2 Å². The van der Waals surface area contributed by atoms with Gasteiger partial charge in [0, 0.05) is 16.1 Å². The average molecular weight is 396 g/mol. The molecule has 2 heterocycles. The van der Waals surface area contributed by atoms with Crippen molar-refractivity contribution >= 4 is 50.7 Å². The number of nitrogens with one attached hydrogen (secondary N) is 1. The monoisotopic (exact) mass is 395 g/mol. The summed E-state index contributed by atoms with van der Waals surface area (Å²) >= 11 is 9.17. The molecule has 1 N–H and O–H groups in total. The van der Waals surface area contributed by atoms with Crippen molar-refractivity contribution in [3.05, 3.63) is 29.3 Å². The maximum absolute atomic E-state index is 11.9. The van der Waals surface area contributed by atoms with Crippen LogP contribution in [0.15, 0.2) is 33.9 Å². The minimum atomic E-state index is -0.0365. The summed E-state index contributed by atoms with van der Waals surface area (Å²) in [6.07, 6.45) is 2.00. The van der Waals surface area contributed by atoms with Crippen molar-refractivity contribution in [2.24, 2.45) is 0 Å². The van der Waals surface area contributed by atoms with Crippen molar-refractivity contribution in [2.75, 3.05) is 5.75 Å². The molecule has 0 unspecified atom stereocenters. The Bertz CT molecular complexity index is 878. The normalized spacial score (nSPS) is 12.4. The van der Waals surface area contributed by atoms with Crippen LogP contribution in [-0.4, -0.2) is 27.9 Å². The average Bonchev–Trinajstić information content (AvgIpc) is 3.18. The van der Waals surface area contributed by atoms with E-state index in [2.05, 4.69) is 22.4 Å². The van der Waals surface area contributed by atoms with Crippen LogP contribution in [0.5, 0.6) is 0 Å².